The monoisotopic (exact) mass is 466 g/mol. The molecule has 0 aliphatic carbocycles. The smallest absolute Gasteiger partial charge is 0.242 e. The molecule has 0 radical (unpaired) electrons. The van der Waals surface area contributed by atoms with Gasteiger partial charge in [0.05, 0.1) is 5.75 Å². The van der Waals surface area contributed by atoms with Crippen molar-refractivity contribution in [3.63, 3.8) is 0 Å². The van der Waals surface area contributed by atoms with E-state index in [1.807, 2.05) is 56.3 Å². The molecule has 0 aromatic heterocycles. The van der Waals surface area contributed by atoms with Gasteiger partial charge in [0.25, 0.3) is 0 Å². The molecule has 0 bridgehead atoms. The second-order valence-electron chi connectivity index (χ2n) is 7.23. The molecule has 7 heteroatoms. The summed E-state index contributed by atoms with van der Waals surface area (Å²) in [5.41, 5.74) is 1.87. The molecule has 1 N–H and O–H groups in total. The summed E-state index contributed by atoms with van der Waals surface area (Å²) in [7, 11) is 0. The summed E-state index contributed by atoms with van der Waals surface area (Å²) in [6, 6.07) is 14.4. The third-order valence-corrected chi connectivity index (χ3v) is 6.44. The van der Waals surface area contributed by atoms with Crippen LogP contribution in [0.5, 0.6) is 0 Å². The van der Waals surface area contributed by atoms with Crippen LogP contribution in [0.2, 0.25) is 10.0 Å². The Morgan fingerprint density at radius 1 is 1.10 bits per heavy atom. The number of carbonyl (C=O) groups is 2. The lowest BCUT2D eigenvalue weighted by atomic mass is 10.1. The predicted octanol–water partition coefficient (Wildman–Crippen LogP) is 5.56. The SMILES string of the molecule is CC[C@@H](C)NC(=O)[C@H](C)N(Cc1ccccc1Cl)C(=O)CSCc1cccc(Cl)c1. The van der Waals surface area contributed by atoms with Gasteiger partial charge in [-0.3, -0.25) is 9.59 Å². The second kappa shape index (κ2) is 12.2. The Morgan fingerprint density at radius 2 is 1.83 bits per heavy atom. The van der Waals surface area contributed by atoms with E-state index in [1.54, 1.807) is 17.9 Å². The van der Waals surface area contributed by atoms with E-state index in [0.29, 0.717) is 15.8 Å². The lowest BCUT2D eigenvalue weighted by Gasteiger charge is -2.30. The molecular formula is C23H28Cl2N2O2S. The van der Waals surface area contributed by atoms with Gasteiger partial charge < -0.3 is 10.2 Å². The minimum atomic E-state index is -0.602. The average Bonchev–Trinajstić information content (AvgIpc) is 2.72. The van der Waals surface area contributed by atoms with Gasteiger partial charge in [-0.05, 0) is 49.6 Å². The Balaban J connectivity index is 2.09. The topological polar surface area (TPSA) is 49.4 Å². The van der Waals surface area contributed by atoms with Crippen molar-refractivity contribution in [1.29, 1.82) is 0 Å². The number of hydrogen-bond donors (Lipinski definition) is 1. The minimum absolute atomic E-state index is 0.0504. The van der Waals surface area contributed by atoms with Crippen molar-refractivity contribution in [3.8, 4) is 0 Å². The van der Waals surface area contributed by atoms with Gasteiger partial charge in [-0.2, -0.15) is 0 Å². The molecule has 2 atom stereocenters. The summed E-state index contributed by atoms with van der Waals surface area (Å²) < 4.78 is 0. The Kier molecular flexibility index (Phi) is 10.0. The minimum Gasteiger partial charge on any atom is -0.352 e. The highest BCUT2D eigenvalue weighted by atomic mass is 35.5. The van der Waals surface area contributed by atoms with Crippen LogP contribution in [0.1, 0.15) is 38.3 Å². The van der Waals surface area contributed by atoms with Crippen molar-refractivity contribution >= 4 is 46.8 Å². The van der Waals surface area contributed by atoms with E-state index in [1.165, 1.54) is 11.8 Å². The van der Waals surface area contributed by atoms with Crippen LogP contribution in [0.4, 0.5) is 0 Å². The predicted molar refractivity (Wildman–Crippen MR) is 127 cm³/mol. The summed E-state index contributed by atoms with van der Waals surface area (Å²) >= 11 is 13.8. The van der Waals surface area contributed by atoms with Gasteiger partial charge in [0.15, 0.2) is 0 Å². The van der Waals surface area contributed by atoms with Gasteiger partial charge in [0.2, 0.25) is 11.8 Å². The van der Waals surface area contributed by atoms with Gasteiger partial charge in [0, 0.05) is 28.4 Å². The highest BCUT2D eigenvalue weighted by Crippen LogP contribution is 2.21. The summed E-state index contributed by atoms with van der Waals surface area (Å²) in [4.78, 5) is 27.4. The normalized spacial score (nSPS) is 12.8. The number of benzene rings is 2. The average molecular weight is 467 g/mol. The van der Waals surface area contributed by atoms with Crippen molar-refractivity contribution in [2.75, 3.05) is 5.75 Å². The summed E-state index contributed by atoms with van der Waals surface area (Å²) in [6.45, 7) is 6.00. The molecule has 30 heavy (non-hydrogen) atoms. The largest absolute Gasteiger partial charge is 0.352 e. The maximum Gasteiger partial charge on any atom is 0.242 e. The van der Waals surface area contributed by atoms with E-state index >= 15 is 0 Å². The molecule has 0 saturated heterocycles. The van der Waals surface area contributed by atoms with E-state index in [2.05, 4.69) is 5.32 Å². The van der Waals surface area contributed by atoms with Gasteiger partial charge in [-0.25, -0.2) is 0 Å². The van der Waals surface area contributed by atoms with Crippen LogP contribution >= 0.6 is 35.0 Å². The van der Waals surface area contributed by atoms with Crippen LogP contribution in [0, 0.1) is 0 Å². The van der Waals surface area contributed by atoms with Crippen LogP contribution in [-0.4, -0.2) is 34.6 Å². The Morgan fingerprint density at radius 3 is 2.50 bits per heavy atom. The van der Waals surface area contributed by atoms with E-state index < -0.39 is 6.04 Å². The highest BCUT2D eigenvalue weighted by molar-refractivity contribution is 7.99. The van der Waals surface area contributed by atoms with Crippen molar-refractivity contribution in [3.05, 3.63) is 69.7 Å². The maximum atomic E-state index is 13.1. The zero-order valence-electron chi connectivity index (χ0n) is 17.5. The van der Waals surface area contributed by atoms with E-state index in [0.717, 1.165) is 17.5 Å². The number of halogens is 2. The summed E-state index contributed by atoms with van der Waals surface area (Å²) in [5.74, 6) is 0.663. The Hall–Kier alpha value is -1.69. The standard InChI is InChI=1S/C23H28Cl2N2O2S/c1-4-16(2)26-23(29)17(3)27(13-19-9-5-6-11-21(19)25)22(28)15-30-14-18-8-7-10-20(24)12-18/h5-12,16-17H,4,13-15H2,1-3H3,(H,26,29)/t16-,17+/m1/s1. The fraction of sp³-hybridized carbons (Fsp3) is 0.391. The number of thioether (sulfide) groups is 1. The van der Waals surface area contributed by atoms with E-state index in [9.17, 15) is 9.59 Å². The first kappa shape index (κ1) is 24.6. The van der Waals surface area contributed by atoms with Crippen molar-refractivity contribution < 1.29 is 9.59 Å². The van der Waals surface area contributed by atoms with Crippen molar-refractivity contribution in [1.82, 2.24) is 10.2 Å². The quantitative estimate of drug-likeness (QED) is 0.498. The number of carbonyl (C=O) groups excluding carboxylic acids is 2. The van der Waals surface area contributed by atoms with Gasteiger partial charge in [-0.1, -0.05) is 60.5 Å². The first-order valence-electron chi connectivity index (χ1n) is 9.97. The van der Waals surface area contributed by atoms with E-state index in [-0.39, 0.29) is 30.2 Å². The van der Waals surface area contributed by atoms with Gasteiger partial charge in [-0.15, -0.1) is 11.8 Å². The number of amides is 2. The first-order valence-corrected chi connectivity index (χ1v) is 11.9. The molecule has 0 saturated carbocycles. The van der Waals surface area contributed by atoms with Crippen LogP contribution in [0.25, 0.3) is 0 Å². The van der Waals surface area contributed by atoms with Crippen LogP contribution in [0.3, 0.4) is 0 Å². The first-order chi connectivity index (χ1) is 14.3. The molecule has 0 fully saturated rings. The lowest BCUT2D eigenvalue weighted by Crippen LogP contribution is -2.50. The summed E-state index contributed by atoms with van der Waals surface area (Å²) in [6.07, 6.45) is 0.826. The Labute approximate surface area is 193 Å². The van der Waals surface area contributed by atoms with Crippen LogP contribution < -0.4 is 5.32 Å². The van der Waals surface area contributed by atoms with Crippen molar-refractivity contribution in [2.24, 2.45) is 0 Å². The zero-order valence-corrected chi connectivity index (χ0v) is 19.9. The zero-order chi connectivity index (χ0) is 22.1. The van der Waals surface area contributed by atoms with Gasteiger partial charge in [0.1, 0.15) is 6.04 Å². The van der Waals surface area contributed by atoms with E-state index in [4.69, 9.17) is 23.2 Å². The highest BCUT2D eigenvalue weighted by Gasteiger charge is 2.27. The fourth-order valence-corrected chi connectivity index (χ4v) is 4.09. The van der Waals surface area contributed by atoms with Crippen LogP contribution in [0.15, 0.2) is 48.5 Å². The van der Waals surface area contributed by atoms with Crippen LogP contribution in [-0.2, 0) is 21.9 Å². The molecule has 0 unspecified atom stereocenters. The molecule has 0 heterocycles. The summed E-state index contributed by atoms with van der Waals surface area (Å²) in [5, 5.41) is 4.22. The molecule has 0 aliphatic heterocycles. The third-order valence-electron chi connectivity index (χ3n) is 4.85. The fourth-order valence-electron chi connectivity index (χ4n) is 2.82. The number of hydrogen-bond acceptors (Lipinski definition) is 3. The molecule has 0 spiro atoms. The number of rotatable bonds is 10. The molecular weight excluding hydrogens is 439 g/mol. The molecule has 2 amide bonds. The molecule has 162 valence electrons. The van der Waals surface area contributed by atoms with Gasteiger partial charge >= 0.3 is 0 Å². The third kappa shape index (κ3) is 7.53. The second-order valence-corrected chi connectivity index (χ2v) is 9.06. The number of nitrogens with one attached hydrogen (secondary N) is 1. The molecule has 2 rings (SSSR count). The number of nitrogens with zero attached hydrogens (tertiary/aromatic N) is 1. The Bertz CT molecular complexity index is 863. The molecule has 2 aromatic rings. The maximum absolute atomic E-state index is 13.1. The lowest BCUT2D eigenvalue weighted by molar-refractivity contribution is -0.138. The van der Waals surface area contributed by atoms with Crippen molar-refractivity contribution in [2.45, 2.75) is 51.6 Å². The molecule has 4 nitrogen and oxygen atoms in total. The molecule has 2 aromatic carbocycles. The molecule has 0 aliphatic rings.